The number of carbonyl (C=O) groups excluding carboxylic acids is 1. The van der Waals surface area contributed by atoms with Crippen molar-refractivity contribution in [3.05, 3.63) is 20.8 Å². The summed E-state index contributed by atoms with van der Waals surface area (Å²) in [7, 11) is 1.81. The highest BCUT2D eigenvalue weighted by atomic mass is 32.1. The first-order chi connectivity index (χ1) is 11.1. The Bertz CT molecular complexity index is 846. The quantitative estimate of drug-likeness (QED) is 0.786. The first kappa shape index (κ1) is 14.7. The number of fused-ring (bicyclic) bond motifs is 3. The third kappa shape index (κ3) is 2.25. The van der Waals surface area contributed by atoms with Gasteiger partial charge in [-0.15, -0.1) is 11.3 Å². The van der Waals surface area contributed by atoms with Gasteiger partial charge in [0.1, 0.15) is 4.83 Å². The Morgan fingerprint density at radius 2 is 1.91 bits per heavy atom. The van der Waals surface area contributed by atoms with Crippen molar-refractivity contribution < 1.29 is 4.79 Å². The zero-order valence-electron chi connectivity index (χ0n) is 13.5. The second-order valence-electron chi connectivity index (χ2n) is 6.31. The average Bonchev–Trinajstić information content (AvgIpc) is 3.11. The van der Waals surface area contributed by atoms with E-state index in [2.05, 4.69) is 4.90 Å². The van der Waals surface area contributed by atoms with Crippen molar-refractivity contribution >= 4 is 33.4 Å². The van der Waals surface area contributed by atoms with Gasteiger partial charge in [-0.3, -0.25) is 14.2 Å². The fraction of sp³-hybridized carbons (Fsp3) is 0.562. The van der Waals surface area contributed by atoms with Crippen LogP contribution in [0, 0.1) is 0 Å². The number of anilines is 1. The number of rotatable bonds is 1. The van der Waals surface area contributed by atoms with Crippen molar-refractivity contribution in [2.45, 2.75) is 26.2 Å². The molecule has 23 heavy (non-hydrogen) atoms. The predicted molar refractivity (Wildman–Crippen MR) is 91.4 cm³/mol. The summed E-state index contributed by atoms with van der Waals surface area (Å²) in [5, 5.41) is 0.830. The van der Waals surface area contributed by atoms with E-state index >= 15 is 0 Å². The van der Waals surface area contributed by atoms with E-state index in [0.717, 1.165) is 48.5 Å². The third-order valence-corrected chi connectivity index (χ3v) is 6.12. The maximum Gasteiger partial charge on any atom is 0.263 e. The minimum atomic E-state index is 0.0680. The van der Waals surface area contributed by atoms with Gasteiger partial charge in [-0.25, -0.2) is 4.98 Å². The molecule has 0 radical (unpaired) electrons. The molecule has 7 heteroatoms. The summed E-state index contributed by atoms with van der Waals surface area (Å²) >= 11 is 1.68. The van der Waals surface area contributed by atoms with Gasteiger partial charge in [0.2, 0.25) is 11.9 Å². The molecule has 1 aliphatic carbocycles. The number of aryl methyl sites for hydroxylation is 2. The van der Waals surface area contributed by atoms with Crippen LogP contribution in [-0.2, 0) is 24.7 Å². The number of nitrogens with zero attached hydrogens (tertiary/aromatic N) is 4. The lowest BCUT2D eigenvalue weighted by Gasteiger charge is -2.35. The van der Waals surface area contributed by atoms with Crippen molar-refractivity contribution in [3.63, 3.8) is 0 Å². The molecule has 0 spiro atoms. The molecule has 1 fully saturated rings. The van der Waals surface area contributed by atoms with Crippen molar-refractivity contribution in [2.75, 3.05) is 31.1 Å². The number of hydrogen-bond acceptors (Lipinski definition) is 5. The maximum atomic E-state index is 12.8. The minimum absolute atomic E-state index is 0.0680. The Balaban J connectivity index is 1.73. The van der Waals surface area contributed by atoms with Gasteiger partial charge in [0.25, 0.3) is 5.56 Å². The monoisotopic (exact) mass is 332 g/mol. The molecule has 0 bridgehead atoms. The zero-order chi connectivity index (χ0) is 16.1. The zero-order valence-corrected chi connectivity index (χ0v) is 14.3. The molecule has 0 aromatic carbocycles. The molecule has 2 aromatic rings. The smallest absolute Gasteiger partial charge is 0.263 e. The number of amides is 1. The molecule has 0 unspecified atom stereocenters. The van der Waals surface area contributed by atoms with Gasteiger partial charge < -0.3 is 9.80 Å². The standard InChI is InChI=1S/C16H20N4O2S/c1-10(21)19-6-8-20(9-7-19)16-17-14-13(15(22)18(16)2)11-4-3-5-12(11)23-14/h3-9H2,1-2H3. The number of aromatic nitrogens is 2. The molecule has 6 nitrogen and oxygen atoms in total. The number of thiophene rings is 1. The molecule has 2 aliphatic rings. The van der Waals surface area contributed by atoms with Gasteiger partial charge >= 0.3 is 0 Å². The largest absolute Gasteiger partial charge is 0.339 e. The molecule has 122 valence electrons. The van der Waals surface area contributed by atoms with E-state index < -0.39 is 0 Å². The summed E-state index contributed by atoms with van der Waals surface area (Å²) in [6.45, 7) is 4.41. The highest BCUT2D eigenvalue weighted by Crippen LogP contribution is 2.35. The van der Waals surface area contributed by atoms with Crippen LogP contribution in [-0.4, -0.2) is 46.5 Å². The van der Waals surface area contributed by atoms with Crippen LogP contribution in [0.25, 0.3) is 10.2 Å². The summed E-state index contributed by atoms with van der Waals surface area (Å²) in [6.07, 6.45) is 3.23. The molecule has 2 aromatic heterocycles. The highest BCUT2D eigenvalue weighted by molar-refractivity contribution is 7.18. The van der Waals surface area contributed by atoms with E-state index in [0.29, 0.717) is 13.1 Å². The Hall–Kier alpha value is -1.89. The van der Waals surface area contributed by atoms with Crippen molar-refractivity contribution in [3.8, 4) is 0 Å². The number of piperazine rings is 1. The van der Waals surface area contributed by atoms with E-state index in [1.807, 2.05) is 4.90 Å². The van der Waals surface area contributed by atoms with Gasteiger partial charge in [0.05, 0.1) is 5.39 Å². The van der Waals surface area contributed by atoms with Crippen LogP contribution in [0.2, 0.25) is 0 Å². The van der Waals surface area contributed by atoms with Crippen LogP contribution < -0.4 is 10.5 Å². The third-order valence-electron chi connectivity index (χ3n) is 4.93. The van der Waals surface area contributed by atoms with Crippen LogP contribution in [0.4, 0.5) is 5.95 Å². The number of hydrogen-bond donors (Lipinski definition) is 0. The minimum Gasteiger partial charge on any atom is -0.339 e. The van der Waals surface area contributed by atoms with E-state index in [9.17, 15) is 9.59 Å². The lowest BCUT2D eigenvalue weighted by molar-refractivity contribution is -0.129. The van der Waals surface area contributed by atoms with Crippen LogP contribution in [0.3, 0.4) is 0 Å². The molecule has 0 N–H and O–H groups in total. The first-order valence-electron chi connectivity index (χ1n) is 8.08. The fourth-order valence-electron chi connectivity index (χ4n) is 3.62. The summed E-state index contributed by atoms with van der Waals surface area (Å²) < 4.78 is 1.68. The summed E-state index contributed by atoms with van der Waals surface area (Å²) in [4.78, 5) is 35.2. The predicted octanol–water partition coefficient (Wildman–Crippen LogP) is 1.15. The fourth-order valence-corrected chi connectivity index (χ4v) is 4.86. The molecule has 1 saturated heterocycles. The van der Waals surface area contributed by atoms with E-state index in [1.54, 1.807) is 29.9 Å². The van der Waals surface area contributed by atoms with Gasteiger partial charge in [0.15, 0.2) is 0 Å². The summed E-state index contributed by atoms with van der Waals surface area (Å²) in [5.74, 6) is 0.835. The van der Waals surface area contributed by atoms with Gasteiger partial charge in [-0.1, -0.05) is 0 Å². The Morgan fingerprint density at radius 1 is 1.17 bits per heavy atom. The molecular formula is C16H20N4O2S. The topological polar surface area (TPSA) is 58.4 Å². The number of carbonyl (C=O) groups is 1. The molecule has 3 heterocycles. The normalized spacial score (nSPS) is 17.8. The molecule has 1 amide bonds. The Labute approximate surface area is 138 Å². The highest BCUT2D eigenvalue weighted by Gasteiger charge is 2.26. The molecule has 4 rings (SSSR count). The summed E-state index contributed by atoms with van der Waals surface area (Å²) in [5.41, 5.74) is 1.30. The van der Waals surface area contributed by atoms with Crippen LogP contribution in [0.1, 0.15) is 23.8 Å². The van der Waals surface area contributed by atoms with E-state index in [4.69, 9.17) is 4.98 Å². The van der Waals surface area contributed by atoms with Crippen molar-refractivity contribution in [1.82, 2.24) is 14.5 Å². The Kier molecular flexibility index (Phi) is 3.41. The van der Waals surface area contributed by atoms with Crippen molar-refractivity contribution in [2.24, 2.45) is 7.05 Å². The van der Waals surface area contributed by atoms with Gasteiger partial charge in [0, 0.05) is 45.0 Å². The SMILES string of the molecule is CC(=O)N1CCN(c2nc3sc4c(c3c(=O)n2C)CCC4)CC1. The Morgan fingerprint density at radius 3 is 2.61 bits per heavy atom. The molecule has 0 saturated carbocycles. The van der Waals surface area contributed by atoms with Crippen LogP contribution >= 0.6 is 11.3 Å². The summed E-state index contributed by atoms with van der Waals surface area (Å²) in [6, 6.07) is 0. The van der Waals surface area contributed by atoms with E-state index in [-0.39, 0.29) is 11.5 Å². The second-order valence-corrected chi connectivity index (χ2v) is 7.39. The maximum absolute atomic E-state index is 12.8. The lowest BCUT2D eigenvalue weighted by Crippen LogP contribution is -2.49. The molecule has 0 atom stereocenters. The van der Waals surface area contributed by atoms with Gasteiger partial charge in [-0.05, 0) is 24.8 Å². The van der Waals surface area contributed by atoms with Gasteiger partial charge in [-0.2, -0.15) is 0 Å². The molecule has 1 aliphatic heterocycles. The second kappa shape index (κ2) is 5.33. The van der Waals surface area contributed by atoms with E-state index in [1.165, 1.54) is 10.4 Å². The molecular weight excluding hydrogens is 312 g/mol. The van der Waals surface area contributed by atoms with Crippen LogP contribution in [0.5, 0.6) is 0 Å². The lowest BCUT2D eigenvalue weighted by atomic mass is 10.2. The van der Waals surface area contributed by atoms with Crippen LogP contribution in [0.15, 0.2) is 4.79 Å². The van der Waals surface area contributed by atoms with Crippen molar-refractivity contribution in [1.29, 1.82) is 0 Å². The first-order valence-corrected chi connectivity index (χ1v) is 8.89. The average molecular weight is 332 g/mol.